The van der Waals surface area contributed by atoms with Crippen LogP contribution >= 0.6 is 0 Å². The quantitative estimate of drug-likeness (QED) is 0.738. The van der Waals surface area contributed by atoms with Crippen molar-refractivity contribution in [3.8, 4) is 5.75 Å². The zero-order valence-electron chi connectivity index (χ0n) is 11.5. The molecule has 0 radical (unpaired) electrons. The van der Waals surface area contributed by atoms with Gasteiger partial charge in [0, 0.05) is 12.8 Å². The lowest BCUT2D eigenvalue weighted by molar-refractivity contribution is 0.145. The van der Waals surface area contributed by atoms with E-state index in [2.05, 4.69) is 25.8 Å². The Morgan fingerprint density at radius 2 is 1.88 bits per heavy atom. The molecule has 3 heteroatoms. The molecule has 3 nitrogen and oxygen atoms in total. The molecular weight excluding hydrogens is 214 g/mol. The summed E-state index contributed by atoms with van der Waals surface area (Å²) in [5.41, 5.74) is 2.28. The Balaban J connectivity index is 2.80. The Hall–Kier alpha value is -1.09. The van der Waals surface area contributed by atoms with E-state index in [1.165, 1.54) is 0 Å². The zero-order chi connectivity index (χ0) is 12.9. The van der Waals surface area contributed by atoms with E-state index in [4.69, 9.17) is 9.47 Å². The first-order chi connectivity index (χ1) is 7.92. The largest absolute Gasteiger partial charge is 0.489 e. The topological polar surface area (TPSA) is 31.4 Å². The summed E-state index contributed by atoms with van der Waals surface area (Å²) >= 11 is 0. The molecule has 0 saturated heterocycles. The zero-order valence-corrected chi connectivity index (χ0v) is 11.5. The molecule has 0 saturated carbocycles. The third-order valence-corrected chi connectivity index (χ3v) is 2.31. The van der Waals surface area contributed by atoms with Gasteiger partial charge in [0.25, 0.3) is 0 Å². The maximum atomic E-state index is 5.69. The fourth-order valence-corrected chi connectivity index (χ4v) is 1.59. The summed E-state index contributed by atoms with van der Waals surface area (Å²) < 4.78 is 10.7. The van der Waals surface area contributed by atoms with Crippen LogP contribution in [0, 0.1) is 12.3 Å². The summed E-state index contributed by atoms with van der Waals surface area (Å²) in [5, 5.41) is 0. The highest BCUT2D eigenvalue weighted by molar-refractivity contribution is 5.30. The highest BCUT2D eigenvalue weighted by atomic mass is 16.5. The minimum absolute atomic E-state index is 0.208. The maximum Gasteiger partial charge on any atom is 0.140 e. The van der Waals surface area contributed by atoms with E-state index in [9.17, 15) is 0 Å². The van der Waals surface area contributed by atoms with E-state index >= 15 is 0 Å². The van der Waals surface area contributed by atoms with Crippen LogP contribution in [-0.2, 0) is 11.2 Å². The van der Waals surface area contributed by atoms with E-state index in [1.54, 1.807) is 7.11 Å². The summed E-state index contributed by atoms with van der Waals surface area (Å²) in [7, 11) is 1.67. The standard InChI is InChI=1S/C14H23NO2/c1-11-6-7-13(17-9-8-16-5)12(15-11)10-14(2,3)4/h6-7H,8-10H2,1-5H3. The average Bonchev–Trinajstić information content (AvgIpc) is 2.19. The fourth-order valence-electron chi connectivity index (χ4n) is 1.59. The third-order valence-electron chi connectivity index (χ3n) is 2.31. The molecule has 1 heterocycles. The molecule has 1 aromatic heterocycles. The molecule has 0 atom stereocenters. The van der Waals surface area contributed by atoms with E-state index in [0.29, 0.717) is 13.2 Å². The Kier molecular flexibility index (Phi) is 4.94. The third kappa shape index (κ3) is 5.18. The van der Waals surface area contributed by atoms with Crippen molar-refractivity contribution in [2.75, 3.05) is 20.3 Å². The Morgan fingerprint density at radius 3 is 2.47 bits per heavy atom. The van der Waals surface area contributed by atoms with Crippen molar-refractivity contribution in [2.45, 2.75) is 34.1 Å². The molecule has 1 aromatic rings. The molecule has 0 aliphatic carbocycles. The van der Waals surface area contributed by atoms with Gasteiger partial charge in [0.1, 0.15) is 12.4 Å². The van der Waals surface area contributed by atoms with Crippen LogP contribution in [0.15, 0.2) is 12.1 Å². The van der Waals surface area contributed by atoms with Crippen molar-refractivity contribution in [2.24, 2.45) is 5.41 Å². The number of nitrogens with zero attached hydrogens (tertiary/aromatic N) is 1. The molecule has 0 bridgehead atoms. The molecule has 0 aromatic carbocycles. The predicted octanol–water partition coefficient (Wildman–Crippen LogP) is 3.00. The van der Waals surface area contributed by atoms with Gasteiger partial charge in [0.2, 0.25) is 0 Å². The van der Waals surface area contributed by atoms with Gasteiger partial charge in [-0.1, -0.05) is 20.8 Å². The lowest BCUT2D eigenvalue weighted by atomic mass is 9.90. The van der Waals surface area contributed by atoms with Crippen LogP contribution in [0.4, 0.5) is 0 Å². The summed E-state index contributed by atoms with van der Waals surface area (Å²) in [6.45, 7) is 9.79. The van der Waals surface area contributed by atoms with Gasteiger partial charge in [0.15, 0.2) is 0 Å². The molecule has 0 N–H and O–H groups in total. The van der Waals surface area contributed by atoms with Gasteiger partial charge in [-0.15, -0.1) is 0 Å². The summed E-state index contributed by atoms with van der Waals surface area (Å²) in [6.07, 6.45) is 0.914. The van der Waals surface area contributed by atoms with Gasteiger partial charge in [-0.2, -0.15) is 0 Å². The maximum absolute atomic E-state index is 5.69. The molecule has 0 amide bonds. The lowest BCUT2D eigenvalue weighted by Crippen LogP contribution is -2.14. The van der Waals surface area contributed by atoms with Crippen molar-refractivity contribution in [1.29, 1.82) is 0 Å². The van der Waals surface area contributed by atoms with Crippen molar-refractivity contribution in [3.05, 3.63) is 23.5 Å². The summed E-state index contributed by atoms with van der Waals surface area (Å²) in [5.74, 6) is 0.877. The van der Waals surface area contributed by atoms with Crippen LogP contribution in [0.3, 0.4) is 0 Å². The number of methoxy groups -OCH3 is 1. The lowest BCUT2D eigenvalue weighted by Gasteiger charge is -2.20. The van der Waals surface area contributed by atoms with Gasteiger partial charge in [-0.3, -0.25) is 4.98 Å². The van der Waals surface area contributed by atoms with Crippen molar-refractivity contribution in [3.63, 3.8) is 0 Å². The highest BCUT2D eigenvalue weighted by Crippen LogP contribution is 2.26. The highest BCUT2D eigenvalue weighted by Gasteiger charge is 2.16. The van der Waals surface area contributed by atoms with Crippen LogP contribution in [0.25, 0.3) is 0 Å². The van der Waals surface area contributed by atoms with E-state index in [0.717, 1.165) is 23.6 Å². The number of hydrogen-bond donors (Lipinski definition) is 0. The van der Waals surface area contributed by atoms with Crippen molar-refractivity contribution < 1.29 is 9.47 Å². The van der Waals surface area contributed by atoms with Crippen LogP contribution in [-0.4, -0.2) is 25.3 Å². The Bertz CT molecular complexity index is 356. The number of aromatic nitrogens is 1. The SMILES string of the molecule is COCCOc1ccc(C)nc1CC(C)(C)C. The van der Waals surface area contributed by atoms with Gasteiger partial charge in [0.05, 0.1) is 12.3 Å². The second kappa shape index (κ2) is 6.01. The predicted molar refractivity (Wildman–Crippen MR) is 69.5 cm³/mol. The molecular formula is C14H23NO2. The normalized spacial score (nSPS) is 11.6. The number of ether oxygens (including phenoxy) is 2. The van der Waals surface area contributed by atoms with Crippen LogP contribution in [0.2, 0.25) is 0 Å². The fraction of sp³-hybridized carbons (Fsp3) is 0.643. The minimum atomic E-state index is 0.208. The first-order valence-electron chi connectivity index (χ1n) is 6.00. The van der Waals surface area contributed by atoms with Gasteiger partial charge >= 0.3 is 0 Å². The number of hydrogen-bond acceptors (Lipinski definition) is 3. The van der Waals surface area contributed by atoms with Crippen molar-refractivity contribution in [1.82, 2.24) is 4.98 Å². The van der Waals surface area contributed by atoms with E-state index in [1.807, 2.05) is 19.1 Å². The number of aryl methyl sites for hydroxylation is 1. The molecule has 0 unspecified atom stereocenters. The monoisotopic (exact) mass is 237 g/mol. The second-order valence-electron chi connectivity index (χ2n) is 5.48. The first kappa shape index (κ1) is 14.0. The molecule has 0 aliphatic heterocycles. The second-order valence-corrected chi connectivity index (χ2v) is 5.48. The Morgan fingerprint density at radius 1 is 1.18 bits per heavy atom. The average molecular weight is 237 g/mol. The number of pyridine rings is 1. The smallest absolute Gasteiger partial charge is 0.140 e. The molecule has 17 heavy (non-hydrogen) atoms. The molecule has 0 fully saturated rings. The number of rotatable bonds is 5. The summed E-state index contributed by atoms with van der Waals surface area (Å²) in [6, 6.07) is 3.98. The van der Waals surface area contributed by atoms with E-state index < -0.39 is 0 Å². The first-order valence-corrected chi connectivity index (χ1v) is 6.00. The van der Waals surface area contributed by atoms with Crippen LogP contribution in [0.5, 0.6) is 5.75 Å². The van der Waals surface area contributed by atoms with E-state index in [-0.39, 0.29) is 5.41 Å². The van der Waals surface area contributed by atoms with Crippen LogP contribution in [0.1, 0.15) is 32.2 Å². The van der Waals surface area contributed by atoms with Gasteiger partial charge in [-0.05, 0) is 30.9 Å². The Labute approximate surface area is 104 Å². The van der Waals surface area contributed by atoms with Gasteiger partial charge < -0.3 is 9.47 Å². The van der Waals surface area contributed by atoms with Crippen molar-refractivity contribution >= 4 is 0 Å². The van der Waals surface area contributed by atoms with Crippen LogP contribution < -0.4 is 4.74 Å². The molecule has 96 valence electrons. The molecule has 0 spiro atoms. The summed E-state index contributed by atoms with van der Waals surface area (Å²) in [4.78, 5) is 4.57. The molecule has 1 rings (SSSR count). The molecule has 0 aliphatic rings. The van der Waals surface area contributed by atoms with Gasteiger partial charge in [-0.25, -0.2) is 0 Å². The minimum Gasteiger partial charge on any atom is -0.489 e.